The Morgan fingerprint density at radius 1 is 1.11 bits per heavy atom. The van der Waals surface area contributed by atoms with Crippen molar-refractivity contribution in [2.24, 2.45) is 5.92 Å². The summed E-state index contributed by atoms with van der Waals surface area (Å²) in [6, 6.07) is 15.2. The van der Waals surface area contributed by atoms with Crippen molar-refractivity contribution in [3.8, 4) is 17.2 Å². The lowest BCUT2D eigenvalue weighted by Crippen LogP contribution is -2.47. The number of carbonyl (C=O) groups excluding carboxylic acids is 2. The number of nitrogens with zero attached hydrogens (tertiary/aromatic N) is 1. The second-order valence-corrected chi connectivity index (χ2v) is 7.24. The summed E-state index contributed by atoms with van der Waals surface area (Å²) in [5.74, 6) is -0.365. The average Bonchev–Trinajstić information content (AvgIpc) is 3.02. The molecule has 0 spiro atoms. The van der Waals surface area contributed by atoms with Gasteiger partial charge in [-0.25, -0.2) is 0 Å². The zero-order chi connectivity index (χ0) is 19.4. The third-order valence-electron chi connectivity index (χ3n) is 4.73. The lowest BCUT2D eigenvalue weighted by molar-refractivity contribution is -0.123. The first kappa shape index (κ1) is 18.7. The highest BCUT2D eigenvalue weighted by atomic mass is 16.2. The molecule has 1 aliphatic rings. The summed E-state index contributed by atoms with van der Waals surface area (Å²) in [6.07, 6.45) is 1.32. The number of nitriles is 1. The minimum Gasteiger partial charge on any atom is -0.341 e. The molecular weight excluding hydrogens is 338 g/mol. The molecule has 5 nitrogen and oxygen atoms in total. The van der Waals surface area contributed by atoms with E-state index in [-0.39, 0.29) is 24.3 Å². The fourth-order valence-electron chi connectivity index (χ4n) is 3.48. The standard InChI is InChI=1S/C22H23N3O2/c1-14(2)11-20(22(27)24-10-9-23)25-21(26)16-7-8-19-17(13-16)12-15-5-3-4-6-18(15)19/h3-8,13-14,20H,10-12H2,1-2H3,(H,24,27)(H,25,26)/t20-/m0/s1. The van der Waals surface area contributed by atoms with Crippen LogP contribution in [0.4, 0.5) is 0 Å². The maximum Gasteiger partial charge on any atom is 0.251 e. The number of nitrogens with one attached hydrogen (secondary N) is 2. The van der Waals surface area contributed by atoms with Gasteiger partial charge in [0, 0.05) is 5.56 Å². The maximum absolute atomic E-state index is 12.7. The van der Waals surface area contributed by atoms with Crippen LogP contribution in [0, 0.1) is 17.2 Å². The van der Waals surface area contributed by atoms with Crippen LogP contribution in [-0.4, -0.2) is 24.4 Å². The van der Waals surface area contributed by atoms with Gasteiger partial charge in [-0.15, -0.1) is 0 Å². The fourth-order valence-corrected chi connectivity index (χ4v) is 3.48. The predicted octanol–water partition coefficient (Wildman–Crippen LogP) is 3.04. The number of amides is 2. The molecule has 0 saturated heterocycles. The average molecular weight is 361 g/mol. The molecule has 27 heavy (non-hydrogen) atoms. The van der Waals surface area contributed by atoms with Gasteiger partial charge in [0.1, 0.15) is 12.6 Å². The minimum atomic E-state index is -0.656. The number of benzene rings is 2. The highest BCUT2D eigenvalue weighted by molar-refractivity contribution is 5.98. The highest BCUT2D eigenvalue weighted by Gasteiger charge is 2.24. The van der Waals surface area contributed by atoms with Gasteiger partial charge in [0.15, 0.2) is 0 Å². The largest absolute Gasteiger partial charge is 0.341 e. The van der Waals surface area contributed by atoms with E-state index in [2.05, 4.69) is 22.8 Å². The maximum atomic E-state index is 12.7. The monoisotopic (exact) mass is 361 g/mol. The molecule has 1 atom stereocenters. The van der Waals surface area contributed by atoms with Gasteiger partial charge in [0.05, 0.1) is 6.07 Å². The van der Waals surface area contributed by atoms with E-state index in [1.165, 1.54) is 11.1 Å². The molecule has 0 bridgehead atoms. The van der Waals surface area contributed by atoms with Crippen LogP contribution in [0.25, 0.3) is 11.1 Å². The van der Waals surface area contributed by atoms with Gasteiger partial charge in [-0.05, 0) is 53.1 Å². The first-order chi connectivity index (χ1) is 13.0. The van der Waals surface area contributed by atoms with Crippen molar-refractivity contribution in [2.75, 3.05) is 6.54 Å². The van der Waals surface area contributed by atoms with Gasteiger partial charge in [-0.3, -0.25) is 9.59 Å². The van der Waals surface area contributed by atoms with Crippen molar-refractivity contribution in [2.45, 2.75) is 32.7 Å². The Labute approximate surface area is 159 Å². The van der Waals surface area contributed by atoms with E-state index in [4.69, 9.17) is 5.26 Å². The van der Waals surface area contributed by atoms with Crippen molar-refractivity contribution in [3.63, 3.8) is 0 Å². The normalized spacial score (nSPS) is 12.7. The summed E-state index contributed by atoms with van der Waals surface area (Å²) in [6.45, 7) is 3.91. The quantitative estimate of drug-likeness (QED) is 0.662. The Morgan fingerprint density at radius 3 is 2.59 bits per heavy atom. The summed E-state index contributed by atoms with van der Waals surface area (Å²) in [5.41, 5.74) is 5.31. The summed E-state index contributed by atoms with van der Waals surface area (Å²) in [7, 11) is 0. The van der Waals surface area contributed by atoms with Crippen LogP contribution >= 0.6 is 0 Å². The molecule has 0 unspecified atom stereocenters. The minimum absolute atomic E-state index is 0.0690. The summed E-state index contributed by atoms with van der Waals surface area (Å²) in [5, 5.41) is 14.0. The molecule has 0 aromatic heterocycles. The molecule has 2 amide bonds. The van der Waals surface area contributed by atoms with E-state index in [0.717, 1.165) is 17.5 Å². The zero-order valence-corrected chi connectivity index (χ0v) is 15.6. The van der Waals surface area contributed by atoms with Crippen molar-refractivity contribution in [1.29, 1.82) is 5.26 Å². The van der Waals surface area contributed by atoms with Crippen molar-refractivity contribution < 1.29 is 9.59 Å². The molecular formula is C22H23N3O2. The second-order valence-electron chi connectivity index (χ2n) is 7.24. The first-order valence-corrected chi connectivity index (χ1v) is 9.16. The number of fused-ring (bicyclic) bond motifs is 3. The zero-order valence-electron chi connectivity index (χ0n) is 15.6. The van der Waals surface area contributed by atoms with E-state index in [1.54, 1.807) is 6.07 Å². The Bertz CT molecular complexity index is 912. The Balaban J connectivity index is 1.76. The van der Waals surface area contributed by atoms with Crippen molar-refractivity contribution >= 4 is 11.8 Å². The van der Waals surface area contributed by atoms with E-state index in [1.807, 2.05) is 44.2 Å². The molecule has 3 rings (SSSR count). The molecule has 0 radical (unpaired) electrons. The Morgan fingerprint density at radius 2 is 1.85 bits per heavy atom. The molecule has 5 heteroatoms. The smallest absolute Gasteiger partial charge is 0.251 e. The van der Waals surface area contributed by atoms with E-state index in [0.29, 0.717) is 12.0 Å². The Hall–Kier alpha value is -3.13. The van der Waals surface area contributed by atoms with Gasteiger partial charge in [0.25, 0.3) is 5.91 Å². The van der Waals surface area contributed by atoms with E-state index >= 15 is 0 Å². The molecule has 2 aromatic carbocycles. The highest BCUT2D eigenvalue weighted by Crippen LogP contribution is 2.36. The van der Waals surface area contributed by atoms with E-state index < -0.39 is 6.04 Å². The number of hydrogen-bond donors (Lipinski definition) is 2. The second kappa shape index (κ2) is 8.05. The van der Waals surface area contributed by atoms with Crippen LogP contribution in [0.3, 0.4) is 0 Å². The Kier molecular flexibility index (Phi) is 5.56. The van der Waals surface area contributed by atoms with Crippen LogP contribution in [0.2, 0.25) is 0 Å². The molecule has 0 fully saturated rings. The molecule has 0 saturated carbocycles. The van der Waals surface area contributed by atoms with Crippen molar-refractivity contribution in [1.82, 2.24) is 10.6 Å². The summed E-state index contributed by atoms with van der Waals surface area (Å²) in [4.78, 5) is 25.0. The van der Waals surface area contributed by atoms with Gasteiger partial charge >= 0.3 is 0 Å². The molecule has 2 N–H and O–H groups in total. The SMILES string of the molecule is CC(C)C[C@H](NC(=O)c1ccc2c(c1)Cc1ccccc1-2)C(=O)NCC#N. The topological polar surface area (TPSA) is 82.0 Å². The van der Waals surface area contributed by atoms with Crippen LogP contribution < -0.4 is 10.6 Å². The van der Waals surface area contributed by atoms with Crippen LogP contribution in [0.1, 0.15) is 41.8 Å². The van der Waals surface area contributed by atoms with Gasteiger partial charge in [-0.1, -0.05) is 44.2 Å². The van der Waals surface area contributed by atoms with Crippen LogP contribution in [0.5, 0.6) is 0 Å². The predicted molar refractivity (Wildman–Crippen MR) is 104 cm³/mol. The van der Waals surface area contributed by atoms with Gasteiger partial charge in [0.2, 0.25) is 5.91 Å². The molecule has 1 aliphatic carbocycles. The third-order valence-corrected chi connectivity index (χ3v) is 4.73. The molecule has 138 valence electrons. The number of rotatable bonds is 6. The van der Waals surface area contributed by atoms with Gasteiger partial charge < -0.3 is 10.6 Å². The number of hydrogen-bond acceptors (Lipinski definition) is 3. The molecule has 0 aliphatic heterocycles. The fraction of sp³-hybridized carbons (Fsp3) is 0.318. The third kappa shape index (κ3) is 4.17. The van der Waals surface area contributed by atoms with Gasteiger partial charge in [-0.2, -0.15) is 5.26 Å². The van der Waals surface area contributed by atoms with Crippen LogP contribution in [0.15, 0.2) is 42.5 Å². The first-order valence-electron chi connectivity index (χ1n) is 9.16. The van der Waals surface area contributed by atoms with Crippen LogP contribution in [-0.2, 0) is 11.2 Å². The molecule has 0 heterocycles. The molecule has 2 aromatic rings. The lowest BCUT2D eigenvalue weighted by atomic mass is 10.0. The van der Waals surface area contributed by atoms with E-state index in [9.17, 15) is 9.59 Å². The lowest BCUT2D eigenvalue weighted by Gasteiger charge is -2.19. The van der Waals surface area contributed by atoms with Crippen molar-refractivity contribution in [3.05, 3.63) is 59.2 Å². The summed E-state index contributed by atoms with van der Waals surface area (Å²) < 4.78 is 0. The number of carbonyl (C=O) groups is 2. The summed E-state index contributed by atoms with van der Waals surface area (Å²) >= 11 is 0.